The fourth-order valence-electron chi connectivity index (χ4n) is 2.13. The maximum atomic E-state index is 12.1. The summed E-state index contributed by atoms with van der Waals surface area (Å²) in [5.74, 6) is -0.922. The number of nitro benzene ring substituents is 1. The molecule has 0 unspecified atom stereocenters. The number of imidazole rings is 1. The summed E-state index contributed by atoms with van der Waals surface area (Å²) in [5, 5.41) is 13.8. The summed E-state index contributed by atoms with van der Waals surface area (Å²) in [6.07, 6.45) is 4.31. The Labute approximate surface area is 143 Å². The van der Waals surface area contributed by atoms with Crippen molar-refractivity contribution >= 4 is 17.6 Å². The number of hydrogen-bond donors (Lipinski definition) is 1. The van der Waals surface area contributed by atoms with Crippen molar-refractivity contribution in [1.82, 2.24) is 14.9 Å². The minimum absolute atomic E-state index is 0.0269. The van der Waals surface area contributed by atoms with E-state index in [-0.39, 0.29) is 30.3 Å². The molecule has 0 aliphatic heterocycles. The Kier molecular flexibility index (Phi) is 5.83. The molecule has 0 fully saturated rings. The average Bonchev–Trinajstić information content (AvgIpc) is 3.07. The number of hydrogen-bond acceptors (Lipinski definition) is 6. The molecule has 1 aromatic carbocycles. The lowest BCUT2D eigenvalue weighted by molar-refractivity contribution is -0.384. The van der Waals surface area contributed by atoms with E-state index in [0.29, 0.717) is 5.69 Å². The molecule has 132 valence electrons. The van der Waals surface area contributed by atoms with E-state index in [1.807, 2.05) is 0 Å². The highest BCUT2D eigenvalue weighted by atomic mass is 16.6. The van der Waals surface area contributed by atoms with Gasteiger partial charge in [0.1, 0.15) is 5.69 Å². The topological polar surface area (TPSA) is 116 Å². The lowest BCUT2D eigenvalue weighted by Crippen LogP contribution is -2.27. The summed E-state index contributed by atoms with van der Waals surface area (Å²) in [5.41, 5.74) is 0.220. The largest absolute Gasteiger partial charge is 0.463 e. The minimum atomic E-state index is -0.563. The van der Waals surface area contributed by atoms with Crippen LogP contribution in [0, 0.1) is 10.1 Å². The number of amides is 1. The average molecular weight is 346 g/mol. The zero-order valence-corrected chi connectivity index (χ0v) is 13.8. The number of ether oxygens (including phenoxy) is 1. The fourth-order valence-corrected chi connectivity index (χ4v) is 2.13. The van der Waals surface area contributed by atoms with Crippen molar-refractivity contribution in [3.05, 3.63) is 52.6 Å². The zero-order valence-electron chi connectivity index (χ0n) is 13.8. The van der Waals surface area contributed by atoms with Crippen LogP contribution in [0.5, 0.6) is 0 Å². The number of benzene rings is 1. The molecule has 25 heavy (non-hydrogen) atoms. The Hall–Kier alpha value is -3.23. The van der Waals surface area contributed by atoms with Crippen molar-refractivity contribution in [3.8, 4) is 5.69 Å². The molecule has 1 N–H and O–H groups in total. The van der Waals surface area contributed by atoms with Gasteiger partial charge in [-0.25, -0.2) is 4.98 Å². The molecule has 0 saturated heterocycles. The van der Waals surface area contributed by atoms with Crippen LogP contribution in [0.4, 0.5) is 5.69 Å². The van der Waals surface area contributed by atoms with E-state index in [2.05, 4.69) is 10.3 Å². The van der Waals surface area contributed by atoms with Crippen molar-refractivity contribution in [2.75, 3.05) is 6.54 Å². The van der Waals surface area contributed by atoms with Crippen LogP contribution in [-0.2, 0) is 9.53 Å². The smallest absolute Gasteiger partial charge is 0.307 e. The normalized spacial score (nSPS) is 10.5. The van der Waals surface area contributed by atoms with E-state index in [1.54, 1.807) is 20.0 Å². The van der Waals surface area contributed by atoms with Crippen LogP contribution in [0.2, 0.25) is 0 Å². The van der Waals surface area contributed by atoms with E-state index >= 15 is 0 Å². The van der Waals surface area contributed by atoms with E-state index in [4.69, 9.17) is 4.74 Å². The van der Waals surface area contributed by atoms with Gasteiger partial charge in [-0.3, -0.25) is 19.7 Å². The number of nitro groups is 1. The highest BCUT2D eigenvalue weighted by Crippen LogP contribution is 2.24. The molecule has 1 aromatic heterocycles. The van der Waals surface area contributed by atoms with Gasteiger partial charge >= 0.3 is 5.97 Å². The van der Waals surface area contributed by atoms with Crippen LogP contribution in [-0.4, -0.2) is 39.0 Å². The molecule has 0 saturated carbocycles. The van der Waals surface area contributed by atoms with Crippen LogP contribution >= 0.6 is 0 Å². The molecule has 1 heterocycles. The molecule has 2 aromatic rings. The van der Waals surface area contributed by atoms with Gasteiger partial charge in [0.25, 0.3) is 11.6 Å². The monoisotopic (exact) mass is 346 g/mol. The second kappa shape index (κ2) is 8.04. The van der Waals surface area contributed by atoms with Crippen molar-refractivity contribution in [3.63, 3.8) is 0 Å². The molecule has 0 aliphatic rings. The van der Waals surface area contributed by atoms with Crippen LogP contribution in [0.1, 0.15) is 30.6 Å². The second-order valence-corrected chi connectivity index (χ2v) is 5.48. The molecular formula is C16H18N4O5. The van der Waals surface area contributed by atoms with E-state index in [1.165, 1.54) is 35.3 Å². The highest BCUT2D eigenvalue weighted by molar-refractivity contribution is 5.95. The SMILES string of the molecule is CC(C)OC(=O)CCNC(=O)c1ccc(-n2ccnc2)c([N+](=O)[O-])c1. The number of rotatable bonds is 7. The van der Waals surface area contributed by atoms with Gasteiger partial charge in [0.2, 0.25) is 0 Å². The second-order valence-electron chi connectivity index (χ2n) is 5.48. The quantitative estimate of drug-likeness (QED) is 0.464. The summed E-state index contributed by atoms with van der Waals surface area (Å²) in [7, 11) is 0. The van der Waals surface area contributed by atoms with Gasteiger partial charge in [-0.05, 0) is 26.0 Å². The first kappa shape index (κ1) is 18.1. The Morgan fingerprint density at radius 1 is 1.40 bits per heavy atom. The van der Waals surface area contributed by atoms with Crippen LogP contribution in [0.15, 0.2) is 36.9 Å². The number of carbonyl (C=O) groups excluding carboxylic acids is 2. The summed E-state index contributed by atoms with van der Waals surface area (Å²) in [4.78, 5) is 38.1. The molecule has 2 rings (SSSR count). The fraction of sp³-hybridized carbons (Fsp3) is 0.312. The third kappa shape index (κ3) is 4.87. The van der Waals surface area contributed by atoms with Crippen molar-refractivity contribution in [2.24, 2.45) is 0 Å². The number of nitrogens with zero attached hydrogens (tertiary/aromatic N) is 3. The van der Waals surface area contributed by atoms with Gasteiger partial charge in [0, 0.05) is 30.6 Å². The van der Waals surface area contributed by atoms with Crippen LogP contribution < -0.4 is 5.32 Å². The molecular weight excluding hydrogens is 328 g/mol. The number of carbonyl (C=O) groups is 2. The maximum absolute atomic E-state index is 12.1. The summed E-state index contributed by atoms with van der Waals surface area (Å²) in [6, 6.07) is 4.14. The third-order valence-electron chi connectivity index (χ3n) is 3.20. The first-order valence-electron chi connectivity index (χ1n) is 7.63. The zero-order chi connectivity index (χ0) is 18.4. The first-order chi connectivity index (χ1) is 11.9. The lowest BCUT2D eigenvalue weighted by atomic mass is 10.1. The van der Waals surface area contributed by atoms with Crippen LogP contribution in [0.25, 0.3) is 5.69 Å². The van der Waals surface area contributed by atoms with E-state index in [9.17, 15) is 19.7 Å². The molecule has 9 heteroatoms. The maximum Gasteiger partial charge on any atom is 0.307 e. The van der Waals surface area contributed by atoms with Crippen molar-refractivity contribution in [2.45, 2.75) is 26.4 Å². The Bertz CT molecular complexity index is 771. The molecule has 0 spiro atoms. The first-order valence-corrected chi connectivity index (χ1v) is 7.63. The van der Waals surface area contributed by atoms with E-state index in [0.717, 1.165) is 0 Å². The summed E-state index contributed by atoms with van der Waals surface area (Å²) < 4.78 is 6.44. The highest BCUT2D eigenvalue weighted by Gasteiger charge is 2.18. The van der Waals surface area contributed by atoms with Gasteiger partial charge in [0.15, 0.2) is 0 Å². The molecule has 0 radical (unpaired) electrons. The molecule has 9 nitrogen and oxygen atoms in total. The molecule has 1 amide bonds. The van der Waals surface area contributed by atoms with Crippen molar-refractivity contribution < 1.29 is 19.2 Å². The van der Waals surface area contributed by atoms with Crippen molar-refractivity contribution in [1.29, 1.82) is 0 Å². The summed E-state index contributed by atoms with van der Waals surface area (Å²) in [6.45, 7) is 3.55. The van der Waals surface area contributed by atoms with Gasteiger partial charge in [0.05, 0.1) is 23.8 Å². The Morgan fingerprint density at radius 2 is 2.16 bits per heavy atom. The predicted octanol–water partition coefficient (Wildman–Crippen LogP) is 1.85. The Balaban J connectivity index is 2.07. The molecule has 0 aliphatic carbocycles. The Morgan fingerprint density at radius 3 is 2.76 bits per heavy atom. The van der Waals surface area contributed by atoms with Gasteiger partial charge in [-0.15, -0.1) is 0 Å². The van der Waals surface area contributed by atoms with Gasteiger partial charge < -0.3 is 14.6 Å². The number of esters is 1. The standard InChI is InChI=1S/C16H18N4O5/c1-11(2)25-15(21)5-6-18-16(22)12-3-4-13(14(9-12)20(23)24)19-8-7-17-10-19/h3-4,7-11H,5-6H2,1-2H3,(H,18,22). The minimum Gasteiger partial charge on any atom is -0.463 e. The van der Waals surface area contributed by atoms with Gasteiger partial charge in [-0.2, -0.15) is 0 Å². The number of aromatic nitrogens is 2. The third-order valence-corrected chi connectivity index (χ3v) is 3.20. The molecule has 0 atom stereocenters. The van der Waals surface area contributed by atoms with Gasteiger partial charge in [-0.1, -0.05) is 0 Å². The van der Waals surface area contributed by atoms with E-state index < -0.39 is 16.8 Å². The summed E-state index contributed by atoms with van der Waals surface area (Å²) >= 11 is 0. The van der Waals surface area contributed by atoms with Crippen LogP contribution in [0.3, 0.4) is 0 Å². The molecule has 0 bridgehead atoms. The predicted molar refractivity (Wildman–Crippen MR) is 88.4 cm³/mol. The lowest BCUT2D eigenvalue weighted by Gasteiger charge is -2.09. The number of nitrogens with one attached hydrogen (secondary N) is 1.